The molecule has 3 N–H and O–H groups in total. The molecule has 0 aliphatic heterocycles. The van der Waals surface area contributed by atoms with Crippen LogP contribution >= 0.6 is 34.4 Å². The van der Waals surface area contributed by atoms with Gasteiger partial charge in [0.05, 0.1) is 5.75 Å². The molecule has 3 aromatic rings. The molecule has 0 atom stereocenters. The van der Waals surface area contributed by atoms with Crippen LogP contribution in [0.2, 0.25) is 0 Å². The molecule has 9 heteroatoms. The predicted molar refractivity (Wildman–Crippen MR) is 115 cm³/mol. The number of thioether (sulfide) groups is 1. The monoisotopic (exact) mass is 493 g/mol. The molecule has 0 unspecified atom stereocenters. The zero-order chi connectivity index (χ0) is 19.2. The van der Waals surface area contributed by atoms with Gasteiger partial charge in [0, 0.05) is 27.4 Å². The van der Waals surface area contributed by atoms with E-state index in [2.05, 4.69) is 48.4 Å². The fourth-order valence-corrected chi connectivity index (χ4v) is 3.17. The summed E-state index contributed by atoms with van der Waals surface area (Å²) in [6.07, 6.45) is 0. The van der Waals surface area contributed by atoms with Gasteiger partial charge >= 0.3 is 0 Å². The van der Waals surface area contributed by atoms with E-state index in [1.165, 1.54) is 18.7 Å². The first-order valence-corrected chi connectivity index (χ1v) is 10.0. The second-order valence-corrected chi connectivity index (χ2v) is 7.76. The van der Waals surface area contributed by atoms with Gasteiger partial charge in [-0.3, -0.25) is 14.7 Å². The van der Waals surface area contributed by atoms with Crippen molar-refractivity contribution in [3.8, 4) is 11.4 Å². The maximum Gasteiger partial charge on any atom is 0.234 e. The molecule has 27 heavy (non-hydrogen) atoms. The van der Waals surface area contributed by atoms with Crippen molar-refractivity contribution in [2.45, 2.75) is 12.1 Å². The highest BCUT2D eigenvalue weighted by atomic mass is 127. The van der Waals surface area contributed by atoms with Crippen LogP contribution in [0.1, 0.15) is 6.92 Å². The summed E-state index contributed by atoms with van der Waals surface area (Å²) in [5.74, 6) is 0.576. The maximum absolute atomic E-state index is 12.0. The molecule has 2 aromatic carbocycles. The smallest absolute Gasteiger partial charge is 0.234 e. The normalized spacial score (nSPS) is 10.4. The second kappa shape index (κ2) is 9.00. The summed E-state index contributed by atoms with van der Waals surface area (Å²) in [6.45, 7) is 1.46. The van der Waals surface area contributed by atoms with Crippen molar-refractivity contribution in [2.24, 2.45) is 0 Å². The molecule has 0 saturated heterocycles. The summed E-state index contributed by atoms with van der Waals surface area (Å²) in [5, 5.41) is 13.0. The zero-order valence-electron chi connectivity index (χ0n) is 14.3. The number of amides is 2. The van der Waals surface area contributed by atoms with E-state index in [0.29, 0.717) is 16.7 Å². The van der Waals surface area contributed by atoms with Gasteiger partial charge in [-0.25, -0.2) is 4.98 Å². The lowest BCUT2D eigenvalue weighted by molar-refractivity contribution is -0.114. The van der Waals surface area contributed by atoms with Crippen LogP contribution in [-0.2, 0) is 9.59 Å². The van der Waals surface area contributed by atoms with Crippen LogP contribution in [-0.4, -0.2) is 32.7 Å². The molecule has 0 spiro atoms. The van der Waals surface area contributed by atoms with Gasteiger partial charge in [0.15, 0.2) is 5.82 Å². The summed E-state index contributed by atoms with van der Waals surface area (Å²) in [6, 6.07) is 14.8. The maximum atomic E-state index is 12.0. The number of halogens is 1. The number of hydrogen-bond donors (Lipinski definition) is 3. The summed E-state index contributed by atoms with van der Waals surface area (Å²) in [4.78, 5) is 27.5. The van der Waals surface area contributed by atoms with Crippen LogP contribution in [0, 0.1) is 3.57 Å². The second-order valence-electron chi connectivity index (χ2n) is 5.57. The summed E-state index contributed by atoms with van der Waals surface area (Å²) in [5.41, 5.74) is 2.32. The number of carbonyl (C=O) groups excluding carboxylic acids is 2. The first-order chi connectivity index (χ1) is 13.0. The third kappa shape index (κ3) is 5.79. The summed E-state index contributed by atoms with van der Waals surface area (Å²) >= 11 is 3.47. The molecule has 3 rings (SSSR count). The first kappa shape index (κ1) is 19.4. The molecule has 7 nitrogen and oxygen atoms in total. The molecule has 0 saturated carbocycles. The first-order valence-electron chi connectivity index (χ1n) is 7.98. The molecule has 0 aliphatic carbocycles. The minimum absolute atomic E-state index is 0.118. The van der Waals surface area contributed by atoms with E-state index in [-0.39, 0.29) is 17.6 Å². The third-order valence-electron chi connectivity index (χ3n) is 3.40. The Morgan fingerprint density at radius 3 is 2.33 bits per heavy atom. The summed E-state index contributed by atoms with van der Waals surface area (Å²) < 4.78 is 1.11. The lowest BCUT2D eigenvalue weighted by Crippen LogP contribution is -2.14. The van der Waals surface area contributed by atoms with Crippen LogP contribution in [0.5, 0.6) is 0 Å². The summed E-state index contributed by atoms with van der Waals surface area (Å²) in [7, 11) is 0. The van der Waals surface area contributed by atoms with Gasteiger partial charge in [0.25, 0.3) is 0 Å². The standard InChI is InChI=1S/C18H16IN5O2S/c1-11(25)20-14-6-2-12(3-7-14)17-22-18(24-23-17)27-10-16(26)21-15-8-4-13(19)5-9-15/h2-9H,10H2,1H3,(H,20,25)(H,21,26)(H,22,23,24). The zero-order valence-corrected chi connectivity index (χ0v) is 17.3. The van der Waals surface area contributed by atoms with Crippen molar-refractivity contribution in [2.75, 3.05) is 16.4 Å². The van der Waals surface area contributed by atoms with Gasteiger partial charge in [-0.15, -0.1) is 5.10 Å². The Labute approximate surface area is 173 Å². The number of carbonyl (C=O) groups is 2. The Morgan fingerprint density at radius 1 is 1.04 bits per heavy atom. The number of H-pyrrole nitrogens is 1. The molecule has 2 amide bonds. The number of aromatic amines is 1. The number of aromatic nitrogens is 3. The van der Waals surface area contributed by atoms with Crippen LogP contribution in [0.3, 0.4) is 0 Å². The van der Waals surface area contributed by atoms with Gasteiger partial charge in [-0.2, -0.15) is 0 Å². The highest BCUT2D eigenvalue weighted by molar-refractivity contribution is 14.1. The van der Waals surface area contributed by atoms with Gasteiger partial charge in [-0.05, 0) is 71.1 Å². The van der Waals surface area contributed by atoms with Crippen LogP contribution in [0.4, 0.5) is 11.4 Å². The SMILES string of the molecule is CC(=O)Nc1ccc(-c2nc(SCC(=O)Nc3ccc(I)cc3)n[nH]2)cc1. The number of hydrogen-bond acceptors (Lipinski definition) is 5. The van der Waals surface area contributed by atoms with Crippen LogP contribution in [0.25, 0.3) is 11.4 Å². The molecule has 0 radical (unpaired) electrons. The number of nitrogens with zero attached hydrogens (tertiary/aromatic N) is 2. The molecular formula is C18H16IN5O2S. The van der Waals surface area contributed by atoms with Crippen LogP contribution < -0.4 is 10.6 Å². The van der Waals surface area contributed by atoms with Crippen molar-refractivity contribution in [3.63, 3.8) is 0 Å². The van der Waals surface area contributed by atoms with E-state index >= 15 is 0 Å². The Kier molecular flexibility index (Phi) is 6.45. The highest BCUT2D eigenvalue weighted by Gasteiger charge is 2.09. The minimum atomic E-state index is -0.121. The number of anilines is 2. The van der Waals surface area contributed by atoms with E-state index < -0.39 is 0 Å². The molecule has 0 fully saturated rings. The molecule has 0 bridgehead atoms. The Balaban J connectivity index is 1.55. The molecule has 0 aliphatic rings. The van der Waals surface area contributed by atoms with Crippen molar-refractivity contribution < 1.29 is 9.59 Å². The molecule has 1 heterocycles. The fourth-order valence-electron chi connectivity index (χ4n) is 2.22. The average molecular weight is 493 g/mol. The van der Waals surface area contributed by atoms with E-state index in [1.807, 2.05) is 36.4 Å². The van der Waals surface area contributed by atoms with Crippen molar-refractivity contribution in [1.82, 2.24) is 15.2 Å². The highest BCUT2D eigenvalue weighted by Crippen LogP contribution is 2.21. The fraction of sp³-hybridized carbons (Fsp3) is 0.111. The van der Waals surface area contributed by atoms with E-state index in [0.717, 1.165) is 14.8 Å². The molecule has 1 aromatic heterocycles. The average Bonchev–Trinajstić information content (AvgIpc) is 3.11. The Morgan fingerprint density at radius 2 is 1.67 bits per heavy atom. The van der Waals surface area contributed by atoms with E-state index in [9.17, 15) is 9.59 Å². The largest absolute Gasteiger partial charge is 0.326 e. The minimum Gasteiger partial charge on any atom is -0.326 e. The third-order valence-corrected chi connectivity index (χ3v) is 4.97. The lowest BCUT2D eigenvalue weighted by Gasteiger charge is -2.03. The van der Waals surface area contributed by atoms with Crippen molar-refractivity contribution in [1.29, 1.82) is 0 Å². The topological polar surface area (TPSA) is 99.8 Å². The quantitative estimate of drug-likeness (QED) is 0.359. The van der Waals surface area contributed by atoms with E-state index in [1.54, 1.807) is 12.1 Å². The Hall–Kier alpha value is -2.40. The predicted octanol–water partition coefficient (Wildman–Crippen LogP) is 3.77. The number of nitrogens with one attached hydrogen (secondary N) is 3. The van der Waals surface area contributed by atoms with Crippen molar-refractivity contribution in [3.05, 3.63) is 52.1 Å². The molecular weight excluding hydrogens is 477 g/mol. The number of rotatable bonds is 6. The van der Waals surface area contributed by atoms with E-state index in [4.69, 9.17) is 0 Å². The Bertz CT molecular complexity index is 941. The van der Waals surface area contributed by atoms with Crippen molar-refractivity contribution >= 4 is 57.5 Å². The van der Waals surface area contributed by atoms with Gasteiger partial charge in [0.2, 0.25) is 17.0 Å². The van der Waals surface area contributed by atoms with Gasteiger partial charge in [-0.1, -0.05) is 11.8 Å². The van der Waals surface area contributed by atoms with Gasteiger partial charge in [0.1, 0.15) is 0 Å². The van der Waals surface area contributed by atoms with Gasteiger partial charge < -0.3 is 10.6 Å². The molecule has 138 valence electrons. The van der Waals surface area contributed by atoms with Crippen LogP contribution in [0.15, 0.2) is 53.7 Å². The lowest BCUT2D eigenvalue weighted by atomic mass is 10.2. The number of benzene rings is 2.